The first-order valence-electron chi connectivity index (χ1n) is 18.2. The predicted octanol–water partition coefficient (Wildman–Crippen LogP) is 6.15. The summed E-state index contributed by atoms with van der Waals surface area (Å²) in [4.78, 5) is 57.3. The Hall–Kier alpha value is -6.25. The molecule has 294 valence electrons. The molecule has 0 fully saturated rings. The molecule has 0 spiro atoms. The fourth-order valence-corrected chi connectivity index (χ4v) is 6.59. The lowest BCUT2D eigenvalue weighted by atomic mass is 9.85. The number of halogens is 2. The minimum absolute atomic E-state index is 0.0243. The van der Waals surface area contributed by atoms with Crippen molar-refractivity contribution in [2.45, 2.75) is 38.8 Å². The molecule has 0 radical (unpaired) electrons. The molecule has 0 saturated heterocycles. The smallest absolute Gasteiger partial charge is 0.338 e. The van der Waals surface area contributed by atoms with Gasteiger partial charge in [0.15, 0.2) is 5.82 Å². The topological polar surface area (TPSA) is 152 Å². The number of hydrogen-bond acceptors (Lipinski definition) is 9. The molecule has 13 nitrogen and oxygen atoms in total. The van der Waals surface area contributed by atoms with E-state index >= 15 is 4.39 Å². The van der Waals surface area contributed by atoms with Gasteiger partial charge in [-0.1, -0.05) is 41.9 Å². The minimum atomic E-state index is -1.11. The second-order valence-corrected chi connectivity index (χ2v) is 15.1. The van der Waals surface area contributed by atoms with Crippen molar-refractivity contribution >= 4 is 47.1 Å². The van der Waals surface area contributed by atoms with Gasteiger partial charge in [0, 0.05) is 42.5 Å². The maximum atomic E-state index is 15.4. The molecule has 4 aromatic carbocycles. The molecule has 2 N–H and O–H groups in total. The number of hydrogen-bond donors (Lipinski definition) is 2. The Bertz CT molecular complexity index is 2310. The van der Waals surface area contributed by atoms with Crippen molar-refractivity contribution in [3.05, 3.63) is 130 Å². The van der Waals surface area contributed by atoms with E-state index in [1.807, 2.05) is 43.3 Å². The summed E-state index contributed by atoms with van der Waals surface area (Å²) >= 11 is 6.12. The van der Waals surface area contributed by atoms with Gasteiger partial charge in [-0.05, 0) is 129 Å². The third kappa shape index (κ3) is 9.59. The van der Waals surface area contributed by atoms with Gasteiger partial charge in [0.25, 0.3) is 11.8 Å². The van der Waals surface area contributed by atoms with Crippen LogP contribution in [0.3, 0.4) is 0 Å². The molecule has 1 unspecified atom stereocenters. The Morgan fingerprint density at radius 2 is 1.70 bits per heavy atom. The number of amides is 3. The van der Waals surface area contributed by atoms with Crippen LogP contribution in [0.5, 0.6) is 0 Å². The Kier molecular flexibility index (Phi) is 12.2. The summed E-state index contributed by atoms with van der Waals surface area (Å²) in [5.41, 5.74) is 3.89. The van der Waals surface area contributed by atoms with Gasteiger partial charge in [0.1, 0.15) is 18.0 Å². The molecule has 0 aliphatic carbocycles. The van der Waals surface area contributed by atoms with Gasteiger partial charge in [-0.15, -0.1) is 5.10 Å². The maximum Gasteiger partial charge on any atom is 0.338 e. The highest BCUT2D eigenvalue weighted by molar-refractivity contribution is 6.31. The Balaban J connectivity index is 1.32. The second kappa shape index (κ2) is 17.3. The summed E-state index contributed by atoms with van der Waals surface area (Å²) in [5, 5.41) is 16.8. The quantitative estimate of drug-likeness (QED) is 0.119. The lowest BCUT2D eigenvalue weighted by molar-refractivity contribution is -0.135. The van der Waals surface area contributed by atoms with Crippen LogP contribution >= 0.6 is 11.6 Å². The third-order valence-electron chi connectivity index (χ3n) is 9.14. The van der Waals surface area contributed by atoms with Crippen molar-refractivity contribution in [3.8, 4) is 16.8 Å². The van der Waals surface area contributed by atoms with Crippen LogP contribution in [-0.2, 0) is 20.7 Å². The number of esters is 1. The Morgan fingerprint density at radius 3 is 2.37 bits per heavy atom. The van der Waals surface area contributed by atoms with E-state index in [1.165, 1.54) is 40.2 Å². The van der Waals surface area contributed by atoms with Crippen molar-refractivity contribution < 1.29 is 28.3 Å². The Morgan fingerprint density at radius 1 is 0.982 bits per heavy atom. The van der Waals surface area contributed by atoms with Crippen LogP contribution in [0.25, 0.3) is 22.9 Å². The molecular formula is C42H42ClFN8O5. The maximum absolute atomic E-state index is 15.4. The monoisotopic (exact) mass is 792 g/mol. The van der Waals surface area contributed by atoms with Crippen LogP contribution in [0.1, 0.15) is 64.2 Å². The molecule has 2 heterocycles. The molecule has 1 aliphatic rings. The lowest BCUT2D eigenvalue weighted by Gasteiger charge is -2.37. The van der Waals surface area contributed by atoms with Gasteiger partial charge in [0.05, 0.1) is 16.3 Å². The number of nitrogens with one attached hydrogen (secondary N) is 2. The van der Waals surface area contributed by atoms with E-state index in [9.17, 15) is 19.2 Å². The first-order valence-corrected chi connectivity index (χ1v) is 18.6. The molecule has 15 heteroatoms. The molecule has 6 rings (SSSR count). The van der Waals surface area contributed by atoms with E-state index in [-0.39, 0.29) is 28.7 Å². The number of anilines is 1. The Labute approximate surface area is 334 Å². The highest BCUT2D eigenvalue weighted by Gasteiger charge is 2.36. The number of carbonyl (C=O) groups is 4. The summed E-state index contributed by atoms with van der Waals surface area (Å²) in [5.74, 6) is -2.52. The SMILES string of the molecule is CN(C)CCNC(=O)c1ccc(-c2cccc3c2CCN(C(=O)/C=C/c2c(-n4cnnn4)ccc(Cl)c2F)C3C(=O)Nc2ccc(C(=O)OC(C)(C)C)cc2)cc1. The highest BCUT2D eigenvalue weighted by atomic mass is 35.5. The van der Waals surface area contributed by atoms with Crippen molar-refractivity contribution in [1.82, 2.24) is 35.3 Å². The van der Waals surface area contributed by atoms with Crippen LogP contribution < -0.4 is 10.6 Å². The third-order valence-corrected chi connectivity index (χ3v) is 9.43. The van der Waals surface area contributed by atoms with Crippen LogP contribution in [0, 0.1) is 5.82 Å². The molecule has 1 atom stereocenters. The summed E-state index contributed by atoms with van der Waals surface area (Å²) in [6, 6.07) is 20.9. The van der Waals surface area contributed by atoms with Crippen molar-refractivity contribution in [2.75, 3.05) is 39.0 Å². The molecule has 5 aromatic rings. The van der Waals surface area contributed by atoms with Gasteiger partial charge < -0.3 is 25.2 Å². The van der Waals surface area contributed by atoms with Gasteiger partial charge in [0.2, 0.25) is 5.91 Å². The van der Waals surface area contributed by atoms with E-state index in [0.717, 1.165) is 16.7 Å². The zero-order valence-electron chi connectivity index (χ0n) is 32.1. The lowest BCUT2D eigenvalue weighted by Crippen LogP contribution is -2.45. The van der Waals surface area contributed by atoms with Gasteiger partial charge in [-0.2, -0.15) is 4.68 Å². The number of nitrogens with zero attached hydrogens (tertiary/aromatic N) is 6. The highest BCUT2D eigenvalue weighted by Crippen LogP contribution is 2.37. The van der Waals surface area contributed by atoms with E-state index < -0.39 is 35.2 Å². The number of rotatable bonds is 11. The summed E-state index contributed by atoms with van der Waals surface area (Å²) in [6.45, 7) is 6.69. The molecule has 1 aliphatic heterocycles. The van der Waals surface area contributed by atoms with E-state index in [1.54, 1.807) is 63.2 Å². The zero-order valence-corrected chi connectivity index (χ0v) is 32.9. The summed E-state index contributed by atoms with van der Waals surface area (Å²) in [7, 11) is 3.87. The fraction of sp³-hybridized carbons (Fsp3) is 0.262. The molecule has 0 bridgehead atoms. The second-order valence-electron chi connectivity index (χ2n) is 14.6. The molecule has 1 aromatic heterocycles. The number of likely N-dealkylation sites (N-methyl/N-ethyl adjacent to an activating group) is 1. The predicted molar refractivity (Wildman–Crippen MR) is 214 cm³/mol. The number of fused-ring (bicyclic) bond motifs is 1. The first kappa shape index (κ1) is 40.4. The van der Waals surface area contributed by atoms with E-state index in [4.69, 9.17) is 16.3 Å². The van der Waals surface area contributed by atoms with Crippen LogP contribution in [-0.4, -0.2) is 93.0 Å². The van der Waals surface area contributed by atoms with Gasteiger partial charge in [-0.3, -0.25) is 14.4 Å². The first-order chi connectivity index (χ1) is 27.2. The van der Waals surface area contributed by atoms with Crippen molar-refractivity contribution in [2.24, 2.45) is 0 Å². The number of tetrazole rings is 1. The van der Waals surface area contributed by atoms with Gasteiger partial charge >= 0.3 is 5.97 Å². The number of benzene rings is 4. The molecule has 3 amide bonds. The zero-order chi connectivity index (χ0) is 40.9. The average molecular weight is 793 g/mol. The number of aromatic nitrogens is 4. The van der Waals surface area contributed by atoms with Crippen LogP contribution in [0.15, 0.2) is 91.3 Å². The average Bonchev–Trinajstić information content (AvgIpc) is 3.72. The summed E-state index contributed by atoms with van der Waals surface area (Å²) in [6.07, 6.45) is 4.16. The van der Waals surface area contributed by atoms with E-state index in [2.05, 4.69) is 26.2 Å². The summed E-state index contributed by atoms with van der Waals surface area (Å²) < 4.78 is 22.1. The largest absolute Gasteiger partial charge is 0.456 e. The molecule has 0 saturated carbocycles. The van der Waals surface area contributed by atoms with Crippen LogP contribution in [0.4, 0.5) is 10.1 Å². The van der Waals surface area contributed by atoms with Crippen LogP contribution in [0.2, 0.25) is 5.02 Å². The molecule has 57 heavy (non-hydrogen) atoms. The van der Waals surface area contributed by atoms with Gasteiger partial charge in [-0.25, -0.2) is 9.18 Å². The van der Waals surface area contributed by atoms with E-state index in [0.29, 0.717) is 41.9 Å². The molecular weight excluding hydrogens is 751 g/mol. The van der Waals surface area contributed by atoms with Crippen molar-refractivity contribution in [3.63, 3.8) is 0 Å². The normalized spacial score (nSPS) is 14.0. The number of carbonyl (C=O) groups excluding carboxylic acids is 4. The standard InChI is InChI=1S/C42H42ClFN8O5/c1-42(2,3)57-41(56)28-13-15-29(16-14-28)47-40(55)38-32-8-6-7-30(26-9-11-27(12-10-26)39(54)45-22-24-50(4)5)31(32)21-23-51(38)36(53)20-17-33-35(52-25-46-48-49-52)19-18-34(43)37(33)44/h6-20,25,38H,21-24H2,1-5H3,(H,45,54)(H,47,55)/b20-17+. The minimum Gasteiger partial charge on any atom is -0.456 e. The number of ether oxygens (including phenoxy) is 1. The fourth-order valence-electron chi connectivity index (χ4n) is 6.43. The van der Waals surface area contributed by atoms with Crippen molar-refractivity contribution in [1.29, 1.82) is 0 Å².